The highest BCUT2D eigenvalue weighted by atomic mass is 35.5. The van der Waals surface area contributed by atoms with Gasteiger partial charge in [0.15, 0.2) is 0 Å². The van der Waals surface area contributed by atoms with E-state index in [1.54, 1.807) is 18.2 Å². The predicted octanol–water partition coefficient (Wildman–Crippen LogP) is 5.24. The van der Waals surface area contributed by atoms with Crippen LogP contribution in [0.15, 0.2) is 42.5 Å². The monoisotopic (exact) mass is 349 g/mol. The molecule has 0 bridgehead atoms. The van der Waals surface area contributed by atoms with Crippen molar-refractivity contribution >= 4 is 46.3 Å². The smallest absolute Gasteiger partial charge is 0.323 e. The summed E-state index contributed by atoms with van der Waals surface area (Å²) < 4.78 is 0. The second-order valence-electron chi connectivity index (χ2n) is 5.44. The Bertz CT molecular complexity index is 697. The zero-order valence-corrected chi connectivity index (χ0v) is 14.0. The Balaban J connectivity index is 1.62. The van der Waals surface area contributed by atoms with Gasteiger partial charge in [0.1, 0.15) is 0 Å². The first kappa shape index (κ1) is 16.0. The van der Waals surface area contributed by atoms with Crippen LogP contribution in [0.25, 0.3) is 0 Å². The van der Waals surface area contributed by atoms with E-state index in [0.717, 1.165) is 18.8 Å². The van der Waals surface area contributed by atoms with Crippen LogP contribution in [-0.2, 0) is 0 Å². The minimum absolute atomic E-state index is 0.358. The third kappa shape index (κ3) is 4.09. The summed E-state index contributed by atoms with van der Waals surface area (Å²) in [5, 5.41) is 6.43. The van der Waals surface area contributed by atoms with E-state index >= 15 is 0 Å². The first-order valence-corrected chi connectivity index (χ1v) is 8.25. The molecule has 2 aromatic carbocycles. The fraction of sp³-hybridized carbons (Fsp3) is 0.235. The molecule has 6 heteroatoms. The Morgan fingerprint density at radius 1 is 0.957 bits per heavy atom. The number of carbonyl (C=O) groups excluding carboxylic acids is 1. The SMILES string of the molecule is O=C(Nc1ccc(N2CCCC2)cc1)Nc1cc(Cl)ccc1Cl. The van der Waals surface area contributed by atoms with Gasteiger partial charge in [-0.05, 0) is 55.3 Å². The summed E-state index contributed by atoms with van der Waals surface area (Å²) in [6.07, 6.45) is 2.48. The number of urea groups is 1. The Hall–Kier alpha value is -1.91. The largest absolute Gasteiger partial charge is 0.372 e. The number of nitrogens with zero attached hydrogens (tertiary/aromatic N) is 1. The quantitative estimate of drug-likeness (QED) is 0.795. The molecule has 0 saturated carbocycles. The van der Waals surface area contributed by atoms with Crippen molar-refractivity contribution in [1.82, 2.24) is 0 Å². The summed E-state index contributed by atoms with van der Waals surface area (Å²) in [4.78, 5) is 14.4. The van der Waals surface area contributed by atoms with Gasteiger partial charge < -0.3 is 15.5 Å². The van der Waals surface area contributed by atoms with Crippen LogP contribution in [0.5, 0.6) is 0 Å². The van der Waals surface area contributed by atoms with Crippen LogP contribution >= 0.6 is 23.2 Å². The summed E-state index contributed by atoms with van der Waals surface area (Å²) in [5.41, 5.74) is 2.39. The minimum atomic E-state index is -0.358. The molecule has 0 unspecified atom stereocenters. The van der Waals surface area contributed by atoms with Gasteiger partial charge in [0.25, 0.3) is 0 Å². The summed E-state index contributed by atoms with van der Waals surface area (Å²) in [5.74, 6) is 0. The number of anilines is 3. The molecule has 23 heavy (non-hydrogen) atoms. The lowest BCUT2D eigenvalue weighted by molar-refractivity contribution is 0.262. The lowest BCUT2D eigenvalue weighted by Crippen LogP contribution is -2.20. The zero-order valence-electron chi connectivity index (χ0n) is 12.5. The van der Waals surface area contributed by atoms with Gasteiger partial charge in [-0.25, -0.2) is 4.79 Å². The standard InChI is InChI=1S/C17H17Cl2N3O/c18-12-3-8-15(19)16(11-12)21-17(23)20-13-4-6-14(7-5-13)22-9-1-2-10-22/h3-8,11H,1-2,9-10H2,(H2,20,21,23). The topological polar surface area (TPSA) is 44.4 Å². The van der Waals surface area contributed by atoms with E-state index in [2.05, 4.69) is 15.5 Å². The average molecular weight is 350 g/mol. The van der Waals surface area contributed by atoms with Gasteiger partial charge in [0, 0.05) is 29.5 Å². The Morgan fingerprint density at radius 2 is 1.65 bits per heavy atom. The molecule has 1 fully saturated rings. The third-order valence-corrected chi connectivity index (χ3v) is 4.34. The molecule has 2 N–H and O–H groups in total. The van der Waals surface area contributed by atoms with Crippen molar-refractivity contribution in [2.45, 2.75) is 12.8 Å². The molecule has 0 atom stereocenters. The Morgan fingerprint density at radius 3 is 2.35 bits per heavy atom. The average Bonchev–Trinajstić information content (AvgIpc) is 3.06. The number of nitrogens with one attached hydrogen (secondary N) is 2. The van der Waals surface area contributed by atoms with Crippen molar-refractivity contribution in [2.75, 3.05) is 28.6 Å². The molecule has 0 aromatic heterocycles. The van der Waals surface area contributed by atoms with Crippen LogP contribution in [0.3, 0.4) is 0 Å². The van der Waals surface area contributed by atoms with Crippen LogP contribution in [0.1, 0.15) is 12.8 Å². The van der Waals surface area contributed by atoms with Crippen LogP contribution in [0.2, 0.25) is 10.0 Å². The molecular weight excluding hydrogens is 333 g/mol. The summed E-state index contributed by atoms with van der Waals surface area (Å²) in [7, 11) is 0. The number of rotatable bonds is 3. The molecule has 0 radical (unpaired) electrons. The maximum atomic E-state index is 12.1. The summed E-state index contributed by atoms with van der Waals surface area (Å²) >= 11 is 11.9. The second kappa shape index (κ2) is 7.11. The van der Waals surface area contributed by atoms with Gasteiger partial charge in [-0.2, -0.15) is 0 Å². The minimum Gasteiger partial charge on any atom is -0.372 e. The van der Waals surface area contributed by atoms with E-state index in [4.69, 9.17) is 23.2 Å². The van der Waals surface area contributed by atoms with Gasteiger partial charge in [-0.15, -0.1) is 0 Å². The molecule has 0 aliphatic carbocycles. The number of carbonyl (C=O) groups is 1. The van der Waals surface area contributed by atoms with Crippen molar-refractivity contribution < 1.29 is 4.79 Å². The number of benzene rings is 2. The predicted molar refractivity (Wildman–Crippen MR) is 97.0 cm³/mol. The van der Waals surface area contributed by atoms with E-state index in [-0.39, 0.29) is 6.03 Å². The van der Waals surface area contributed by atoms with E-state index in [1.807, 2.05) is 24.3 Å². The maximum Gasteiger partial charge on any atom is 0.323 e. The first-order chi connectivity index (χ1) is 11.1. The van der Waals surface area contributed by atoms with Crippen LogP contribution < -0.4 is 15.5 Å². The first-order valence-electron chi connectivity index (χ1n) is 7.50. The van der Waals surface area contributed by atoms with E-state index in [9.17, 15) is 4.79 Å². The molecule has 1 saturated heterocycles. The molecule has 4 nitrogen and oxygen atoms in total. The van der Waals surface area contributed by atoms with Gasteiger partial charge in [-0.1, -0.05) is 23.2 Å². The summed E-state index contributed by atoms with van der Waals surface area (Å²) in [6, 6.07) is 12.4. The summed E-state index contributed by atoms with van der Waals surface area (Å²) in [6.45, 7) is 2.20. The van der Waals surface area contributed by atoms with Crippen LogP contribution in [0.4, 0.5) is 21.9 Å². The van der Waals surface area contributed by atoms with Gasteiger partial charge in [0.2, 0.25) is 0 Å². The zero-order chi connectivity index (χ0) is 16.2. The molecule has 120 valence electrons. The maximum absolute atomic E-state index is 12.1. The highest BCUT2D eigenvalue weighted by Crippen LogP contribution is 2.26. The Labute approximate surface area is 145 Å². The normalized spacial score (nSPS) is 13.9. The molecular formula is C17H17Cl2N3O. The number of hydrogen-bond acceptors (Lipinski definition) is 2. The van der Waals surface area contributed by atoms with Gasteiger partial charge in [-0.3, -0.25) is 0 Å². The highest BCUT2D eigenvalue weighted by molar-refractivity contribution is 6.35. The van der Waals surface area contributed by atoms with Crippen molar-refractivity contribution in [1.29, 1.82) is 0 Å². The molecule has 1 aliphatic heterocycles. The molecule has 2 amide bonds. The molecule has 3 rings (SSSR count). The number of hydrogen-bond donors (Lipinski definition) is 2. The fourth-order valence-electron chi connectivity index (χ4n) is 2.61. The molecule has 0 spiro atoms. The number of halogens is 2. The molecule has 1 aliphatic rings. The van der Waals surface area contributed by atoms with Crippen molar-refractivity contribution in [3.63, 3.8) is 0 Å². The lowest BCUT2D eigenvalue weighted by Gasteiger charge is -2.18. The van der Waals surface area contributed by atoms with Crippen molar-refractivity contribution in [3.8, 4) is 0 Å². The number of amides is 2. The fourth-order valence-corrected chi connectivity index (χ4v) is 2.95. The Kier molecular flexibility index (Phi) is 4.94. The van der Waals surface area contributed by atoms with E-state index < -0.39 is 0 Å². The van der Waals surface area contributed by atoms with E-state index in [0.29, 0.717) is 15.7 Å². The lowest BCUT2D eigenvalue weighted by atomic mass is 10.2. The van der Waals surface area contributed by atoms with Gasteiger partial charge in [0.05, 0.1) is 10.7 Å². The van der Waals surface area contributed by atoms with E-state index in [1.165, 1.54) is 18.5 Å². The van der Waals surface area contributed by atoms with Crippen LogP contribution in [-0.4, -0.2) is 19.1 Å². The van der Waals surface area contributed by atoms with Crippen molar-refractivity contribution in [3.05, 3.63) is 52.5 Å². The highest BCUT2D eigenvalue weighted by Gasteiger charge is 2.12. The van der Waals surface area contributed by atoms with Gasteiger partial charge >= 0.3 is 6.03 Å². The third-order valence-electron chi connectivity index (χ3n) is 3.77. The molecule has 1 heterocycles. The van der Waals surface area contributed by atoms with Crippen LogP contribution in [0, 0.1) is 0 Å². The second-order valence-corrected chi connectivity index (χ2v) is 6.29. The van der Waals surface area contributed by atoms with Crippen molar-refractivity contribution in [2.24, 2.45) is 0 Å². The molecule has 2 aromatic rings.